The van der Waals surface area contributed by atoms with Gasteiger partial charge in [-0.3, -0.25) is 4.79 Å². The minimum atomic E-state index is -0.0619. The van der Waals surface area contributed by atoms with E-state index < -0.39 is 0 Å². The van der Waals surface area contributed by atoms with Crippen LogP contribution in [0.15, 0.2) is 65.8 Å². The number of ketones is 1. The van der Waals surface area contributed by atoms with Gasteiger partial charge in [-0.05, 0) is 126 Å². The number of fused-ring (bicyclic) bond motifs is 2. The Bertz CT molecular complexity index is 1960. The predicted octanol–water partition coefficient (Wildman–Crippen LogP) is 5.33. The number of Topliss-reactive ketones (excluding diaryl/α,β-unsaturated/α-hetero) is 1. The monoisotopic (exact) mass is 522 g/mol. The molecular weight excluding hydrogens is 500 g/mol. The highest BCUT2D eigenvalue weighted by molar-refractivity contribution is 6.15. The second-order valence-electron chi connectivity index (χ2n) is 6.82. The molecule has 1 aliphatic rings. The van der Waals surface area contributed by atoms with Crippen molar-refractivity contribution in [3.05, 3.63) is 76.5 Å². The van der Waals surface area contributed by atoms with E-state index in [0.717, 1.165) is 16.5 Å². The van der Waals surface area contributed by atoms with E-state index in [1.165, 1.54) is 5.34 Å². The third kappa shape index (κ3) is 9.61. The average molecular weight is 523 g/mol. The minimum Gasteiger partial charge on any atom is -0.452 e. The van der Waals surface area contributed by atoms with Crippen LogP contribution in [0, 0.1) is 100 Å². The first-order valence-electron chi connectivity index (χ1n) is 11.1. The zero-order chi connectivity index (χ0) is 28.8. The summed E-state index contributed by atoms with van der Waals surface area (Å²) in [5, 5.41) is 8.97. The lowest BCUT2D eigenvalue weighted by Gasteiger charge is -2.00. The fourth-order valence-corrected chi connectivity index (χ4v) is 2.95. The number of nitrogens with one attached hydrogen (secondary N) is 1. The number of ether oxygens (including phenoxy) is 1. The largest absolute Gasteiger partial charge is 0.452 e. The van der Waals surface area contributed by atoms with E-state index in [0.29, 0.717) is 17.1 Å². The van der Waals surface area contributed by atoms with Crippen LogP contribution in [0.1, 0.15) is 27.1 Å². The summed E-state index contributed by atoms with van der Waals surface area (Å²) in [7, 11) is 0. The van der Waals surface area contributed by atoms with Gasteiger partial charge in [0.25, 0.3) is 0 Å². The molecule has 4 rings (SSSR count). The molecule has 3 aromatic rings. The predicted molar refractivity (Wildman–Crippen MR) is 161 cm³/mol. The highest BCUT2D eigenvalue weighted by Crippen LogP contribution is 2.32. The molecule has 0 saturated heterocycles. The molecule has 0 fully saturated rings. The van der Waals surface area contributed by atoms with Crippen molar-refractivity contribution in [2.45, 2.75) is 6.92 Å². The van der Waals surface area contributed by atoms with Gasteiger partial charge in [0.15, 0.2) is 11.1 Å². The lowest BCUT2D eigenvalue weighted by Crippen LogP contribution is -1.98. The number of benzene rings is 2. The van der Waals surface area contributed by atoms with Crippen LogP contribution in [0.4, 0.5) is 0 Å². The van der Waals surface area contributed by atoms with Crippen LogP contribution in [0.2, 0.25) is 0 Å². The van der Waals surface area contributed by atoms with Crippen molar-refractivity contribution in [3.63, 3.8) is 0 Å². The summed E-state index contributed by atoms with van der Waals surface area (Å²) in [5.41, 5.74) is 2.64. The maximum Gasteiger partial charge on any atom is 0.231 e. The van der Waals surface area contributed by atoms with Crippen molar-refractivity contribution < 1.29 is 19.0 Å². The first-order chi connectivity index (χ1) is 19.7. The molecular formula is C34H22N2O4. The zero-order valence-electron chi connectivity index (χ0n) is 21.0. The summed E-state index contributed by atoms with van der Waals surface area (Å²) in [4.78, 5) is 23.5. The molecule has 2 N–H and O–H groups in total. The number of rotatable bonds is 1. The molecule has 0 bridgehead atoms. The SMILES string of the molecule is C#CC#CC#CC#CC#CC#CC#CC#CC.O=C1/C(=C/c2cccc3[nH]ccc23)Oc2ccccc21.O=NO.[HH].[HH].[HH]. The first-order valence-corrected chi connectivity index (χ1v) is 11.1. The number of allylic oxidation sites excluding steroid dienone is 1. The summed E-state index contributed by atoms with van der Waals surface area (Å²) < 4.78 is 5.65. The molecule has 6 heteroatoms. The van der Waals surface area contributed by atoms with E-state index in [9.17, 15) is 4.79 Å². The van der Waals surface area contributed by atoms with Crippen molar-refractivity contribution in [3.8, 4) is 101 Å². The van der Waals surface area contributed by atoms with Gasteiger partial charge in [0.2, 0.25) is 5.78 Å². The van der Waals surface area contributed by atoms with E-state index >= 15 is 0 Å². The zero-order valence-corrected chi connectivity index (χ0v) is 21.0. The molecule has 192 valence electrons. The van der Waals surface area contributed by atoms with Gasteiger partial charge in [-0.25, -0.2) is 0 Å². The Morgan fingerprint density at radius 3 is 2.00 bits per heavy atom. The van der Waals surface area contributed by atoms with Crippen molar-refractivity contribution >= 4 is 22.8 Å². The molecule has 2 heterocycles. The van der Waals surface area contributed by atoms with Crippen LogP contribution in [0.3, 0.4) is 0 Å². The number of aromatic nitrogens is 1. The molecule has 6 nitrogen and oxygen atoms in total. The van der Waals surface area contributed by atoms with Crippen LogP contribution in [0.25, 0.3) is 17.0 Å². The molecule has 0 spiro atoms. The molecule has 2 aromatic carbocycles. The fraction of sp³-hybridized carbons (Fsp3) is 0.0294. The second-order valence-corrected chi connectivity index (χ2v) is 6.82. The molecule has 1 aromatic heterocycles. The quantitative estimate of drug-likeness (QED) is 0.196. The number of H-pyrrole nitrogens is 1. The van der Waals surface area contributed by atoms with Gasteiger partial charge in [0, 0.05) is 21.4 Å². The van der Waals surface area contributed by atoms with Crippen LogP contribution in [0.5, 0.6) is 5.75 Å². The first kappa shape index (κ1) is 29.3. The smallest absolute Gasteiger partial charge is 0.231 e. The van der Waals surface area contributed by atoms with Gasteiger partial charge in [0.1, 0.15) is 5.75 Å². The molecule has 0 radical (unpaired) electrons. The Balaban J connectivity index is 0. The third-order valence-corrected chi connectivity index (χ3v) is 4.44. The highest BCUT2D eigenvalue weighted by atomic mass is 16.6. The minimum absolute atomic E-state index is 0. The number of nitrogens with zero attached hydrogens (tertiary/aromatic N) is 1. The normalized spacial score (nSPS) is 9.70. The molecule has 0 atom stereocenters. The molecule has 0 aliphatic carbocycles. The van der Waals surface area contributed by atoms with Crippen molar-refractivity contribution in [1.82, 2.24) is 4.98 Å². The van der Waals surface area contributed by atoms with Gasteiger partial charge >= 0.3 is 0 Å². The lowest BCUT2D eigenvalue weighted by molar-refractivity contribution is 0.101. The molecule has 0 unspecified atom stereocenters. The van der Waals surface area contributed by atoms with Gasteiger partial charge in [-0.1, -0.05) is 30.2 Å². The van der Waals surface area contributed by atoms with E-state index in [4.69, 9.17) is 21.3 Å². The lowest BCUT2D eigenvalue weighted by atomic mass is 10.1. The van der Waals surface area contributed by atoms with Crippen LogP contribution >= 0.6 is 0 Å². The summed E-state index contributed by atoms with van der Waals surface area (Å²) in [5.74, 6) is 37.9. The standard InChI is InChI=1S/C17H11NO2.C17H4.HNO2.3H2/c19-17-13-5-1-2-7-15(13)20-16(17)10-11-4-3-6-14-12(11)8-9-18-14;1-3-5-7-9-11-13-15-17-16-14-12-10-8-6-4-2;2-1-3;;;/h1-10,18H;1H,2H3;(H,2,3);3*1H/b16-10-;;;;;. The summed E-state index contributed by atoms with van der Waals surface area (Å²) in [6.45, 7) is 1.70. The topological polar surface area (TPSA) is 91.8 Å². The number of hydrogen-bond acceptors (Lipinski definition) is 4. The molecule has 1 aliphatic heterocycles. The number of carbonyl (C=O) groups is 1. The highest BCUT2D eigenvalue weighted by Gasteiger charge is 2.26. The maximum absolute atomic E-state index is 12.3. The van der Waals surface area contributed by atoms with Crippen molar-refractivity contribution in [1.29, 1.82) is 0 Å². The Kier molecular flexibility index (Phi) is 12.8. The molecule has 0 amide bonds. The Hall–Kier alpha value is -6.93. The van der Waals surface area contributed by atoms with Crippen LogP contribution in [-0.2, 0) is 0 Å². The summed E-state index contributed by atoms with van der Waals surface area (Å²) in [6, 6.07) is 15.2. The fourth-order valence-electron chi connectivity index (χ4n) is 2.95. The van der Waals surface area contributed by atoms with Crippen LogP contribution in [-0.4, -0.2) is 16.0 Å². The van der Waals surface area contributed by atoms with E-state index in [2.05, 4.69) is 93.8 Å². The maximum atomic E-state index is 12.3. The van der Waals surface area contributed by atoms with Gasteiger partial charge < -0.3 is 14.9 Å². The van der Waals surface area contributed by atoms with E-state index in [-0.39, 0.29) is 10.1 Å². The number of para-hydroxylation sites is 1. The number of terminal acetylenes is 1. The van der Waals surface area contributed by atoms with E-state index in [1.54, 1.807) is 19.1 Å². The number of aromatic amines is 1. The third-order valence-electron chi connectivity index (χ3n) is 4.44. The Morgan fingerprint density at radius 1 is 0.850 bits per heavy atom. The Morgan fingerprint density at radius 2 is 1.43 bits per heavy atom. The van der Waals surface area contributed by atoms with Gasteiger partial charge in [0.05, 0.1) is 5.56 Å². The molecule has 40 heavy (non-hydrogen) atoms. The van der Waals surface area contributed by atoms with Gasteiger partial charge in [-0.2, -0.15) is 0 Å². The summed E-state index contributed by atoms with van der Waals surface area (Å²) in [6.07, 6.45) is 8.58. The summed E-state index contributed by atoms with van der Waals surface area (Å²) >= 11 is 0. The average Bonchev–Trinajstić information content (AvgIpc) is 3.57. The van der Waals surface area contributed by atoms with Gasteiger partial charge in [-0.15, -0.1) is 11.3 Å². The Labute approximate surface area is 236 Å². The van der Waals surface area contributed by atoms with Crippen molar-refractivity contribution in [2.75, 3.05) is 0 Å². The number of hydrogen-bond donors (Lipinski definition) is 2. The number of carbonyl (C=O) groups excluding carboxylic acids is 1. The second kappa shape index (κ2) is 17.5. The van der Waals surface area contributed by atoms with Crippen LogP contribution < -0.4 is 4.74 Å². The van der Waals surface area contributed by atoms with Crippen molar-refractivity contribution in [2.24, 2.45) is 5.34 Å². The van der Waals surface area contributed by atoms with E-state index in [1.807, 2.05) is 48.7 Å². The molecule has 0 saturated carbocycles.